The molecule has 2 N–H and O–H groups in total. The zero-order valence-electron chi connectivity index (χ0n) is 8.90. The summed E-state index contributed by atoms with van der Waals surface area (Å²) in [7, 11) is 1.36. The highest BCUT2D eigenvalue weighted by Crippen LogP contribution is 2.16. The molecule has 0 saturated carbocycles. The number of ether oxygens (including phenoxy) is 1. The molecule has 1 aromatic rings. The predicted molar refractivity (Wildman–Crippen MR) is 56.3 cm³/mol. The number of nitrogens with two attached hydrogens (primary N) is 1. The molecule has 0 aromatic heterocycles. The van der Waals surface area contributed by atoms with Crippen LogP contribution < -0.4 is 5.90 Å². The maximum atomic E-state index is 11.2. The maximum absolute atomic E-state index is 11.2. The van der Waals surface area contributed by atoms with E-state index < -0.39 is 0 Å². The molecule has 1 rings (SSSR count). The normalized spacial score (nSPS) is 12.2. The van der Waals surface area contributed by atoms with Crippen molar-refractivity contribution in [1.29, 1.82) is 0 Å². The number of methoxy groups -OCH3 is 1. The van der Waals surface area contributed by atoms with Gasteiger partial charge in [0.1, 0.15) is 0 Å². The zero-order valence-corrected chi connectivity index (χ0v) is 8.90. The number of carbonyl (C=O) groups is 1. The minimum absolute atomic E-state index is 0.210. The van der Waals surface area contributed by atoms with Crippen LogP contribution in [0.15, 0.2) is 24.3 Å². The third-order valence-electron chi connectivity index (χ3n) is 2.25. The van der Waals surface area contributed by atoms with Gasteiger partial charge in [0.2, 0.25) is 0 Å². The highest BCUT2D eigenvalue weighted by molar-refractivity contribution is 5.89. The Morgan fingerprint density at radius 1 is 1.40 bits per heavy atom. The van der Waals surface area contributed by atoms with E-state index in [0.717, 1.165) is 5.56 Å². The van der Waals surface area contributed by atoms with Crippen molar-refractivity contribution in [2.45, 2.75) is 12.8 Å². The van der Waals surface area contributed by atoms with Crippen LogP contribution in [0.4, 0.5) is 0 Å². The topological polar surface area (TPSA) is 61.5 Å². The van der Waals surface area contributed by atoms with Crippen molar-refractivity contribution in [2.75, 3.05) is 13.7 Å². The minimum atomic E-state index is -0.329. The molecule has 0 radical (unpaired) electrons. The van der Waals surface area contributed by atoms with Crippen molar-refractivity contribution in [1.82, 2.24) is 0 Å². The van der Waals surface area contributed by atoms with Gasteiger partial charge in [-0.2, -0.15) is 0 Å². The van der Waals surface area contributed by atoms with Crippen LogP contribution >= 0.6 is 0 Å². The molecule has 0 amide bonds. The van der Waals surface area contributed by atoms with E-state index >= 15 is 0 Å². The molecule has 4 nitrogen and oxygen atoms in total. The van der Waals surface area contributed by atoms with E-state index in [1.54, 1.807) is 12.1 Å². The first-order valence-corrected chi connectivity index (χ1v) is 4.69. The molecule has 0 spiro atoms. The average Bonchev–Trinajstić information content (AvgIpc) is 2.28. The van der Waals surface area contributed by atoms with Crippen LogP contribution in [0, 0.1) is 0 Å². The molecule has 82 valence electrons. The van der Waals surface area contributed by atoms with Gasteiger partial charge < -0.3 is 9.57 Å². The largest absolute Gasteiger partial charge is 0.465 e. The monoisotopic (exact) mass is 209 g/mol. The van der Waals surface area contributed by atoms with Crippen molar-refractivity contribution >= 4 is 5.97 Å². The van der Waals surface area contributed by atoms with E-state index in [1.807, 2.05) is 19.1 Å². The lowest BCUT2D eigenvalue weighted by Gasteiger charge is -2.10. The van der Waals surface area contributed by atoms with Gasteiger partial charge in [0.15, 0.2) is 0 Å². The summed E-state index contributed by atoms with van der Waals surface area (Å²) in [5.41, 5.74) is 1.62. The van der Waals surface area contributed by atoms with Crippen LogP contribution in [-0.4, -0.2) is 19.7 Å². The number of hydrogen-bond acceptors (Lipinski definition) is 4. The molecule has 0 heterocycles. The Hall–Kier alpha value is -1.39. The van der Waals surface area contributed by atoms with Crippen LogP contribution in [0.25, 0.3) is 0 Å². The van der Waals surface area contributed by atoms with Crippen LogP contribution in [0.1, 0.15) is 28.8 Å². The van der Waals surface area contributed by atoms with Crippen LogP contribution in [0.3, 0.4) is 0 Å². The number of hydrogen-bond donors (Lipinski definition) is 1. The Labute approximate surface area is 88.9 Å². The molecule has 4 heteroatoms. The lowest BCUT2D eigenvalue weighted by Crippen LogP contribution is -2.09. The lowest BCUT2D eigenvalue weighted by molar-refractivity contribution is 0.0600. The number of benzene rings is 1. The number of rotatable bonds is 4. The first-order valence-electron chi connectivity index (χ1n) is 4.69. The predicted octanol–water partition coefficient (Wildman–Crippen LogP) is 1.47. The molecule has 0 aliphatic heterocycles. The molecule has 1 atom stereocenters. The van der Waals surface area contributed by atoms with E-state index in [0.29, 0.717) is 12.2 Å². The second-order valence-electron chi connectivity index (χ2n) is 3.35. The Morgan fingerprint density at radius 3 is 2.47 bits per heavy atom. The molecular weight excluding hydrogens is 194 g/mol. The van der Waals surface area contributed by atoms with Crippen molar-refractivity contribution in [3.05, 3.63) is 35.4 Å². The average molecular weight is 209 g/mol. The van der Waals surface area contributed by atoms with E-state index in [-0.39, 0.29) is 11.9 Å². The second-order valence-corrected chi connectivity index (χ2v) is 3.35. The molecule has 1 unspecified atom stereocenters. The van der Waals surface area contributed by atoms with Gasteiger partial charge >= 0.3 is 5.97 Å². The zero-order chi connectivity index (χ0) is 11.3. The third-order valence-corrected chi connectivity index (χ3v) is 2.25. The van der Waals surface area contributed by atoms with Crippen molar-refractivity contribution in [3.8, 4) is 0 Å². The van der Waals surface area contributed by atoms with Gasteiger partial charge in [-0.3, -0.25) is 0 Å². The Morgan fingerprint density at radius 2 is 2.00 bits per heavy atom. The molecule has 0 bridgehead atoms. The molecular formula is C11H15NO3. The van der Waals surface area contributed by atoms with E-state index in [2.05, 4.69) is 9.57 Å². The van der Waals surface area contributed by atoms with Crippen molar-refractivity contribution in [3.63, 3.8) is 0 Å². The molecule has 0 saturated heterocycles. The summed E-state index contributed by atoms with van der Waals surface area (Å²) >= 11 is 0. The fourth-order valence-electron chi connectivity index (χ4n) is 1.31. The first-order chi connectivity index (χ1) is 7.19. The van der Waals surface area contributed by atoms with E-state index in [1.165, 1.54) is 7.11 Å². The van der Waals surface area contributed by atoms with Crippen LogP contribution in [0.2, 0.25) is 0 Å². The van der Waals surface area contributed by atoms with Gasteiger partial charge in [-0.25, -0.2) is 10.7 Å². The summed E-state index contributed by atoms with van der Waals surface area (Å²) in [6, 6.07) is 7.20. The standard InChI is InChI=1S/C11H15NO3/c1-8(7-15-12)9-3-5-10(6-4-9)11(13)14-2/h3-6,8H,7,12H2,1-2H3. The van der Waals surface area contributed by atoms with Crippen LogP contribution in [-0.2, 0) is 9.57 Å². The van der Waals surface area contributed by atoms with Crippen LogP contribution in [0.5, 0.6) is 0 Å². The molecule has 0 aliphatic rings. The number of carbonyl (C=O) groups excluding carboxylic acids is 1. The lowest BCUT2D eigenvalue weighted by atomic mass is 10.0. The molecule has 0 fully saturated rings. The summed E-state index contributed by atoms with van der Waals surface area (Å²) in [6.07, 6.45) is 0. The van der Waals surface area contributed by atoms with Crippen molar-refractivity contribution < 1.29 is 14.4 Å². The van der Waals surface area contributed by atoms with Gasteiger partial charge in [0, 0.05) is 5.92 Å². The SMILES string of the molecule is COC(=O)c1ccc(C(C)CON)cc1. The maximum Gasteiger partial charge on any atom is 0.337 e. The quantitative estimate of drug-likeness (QED) is 0.602. The third kappa shape index (κ3) is 3.04. The molecule has 1 aromatic carbocycles. The molecule has 0 aliphatic carbocycles. The molecule has 15 heavy (non-hydrogen) atoms. The highest BCUT2D eigenvalue weighted by Gasteiger charge is 2.08. The van der Waals surface area contributed by atoms with E-state index in [9.17, 15) is 4.79 Å². The van der Waals surface area contributed by atoms with Gasteiger partial charge in [0.05, 0.1) is 19.3 Å². The fraction of sp³-hybridized carbons (Fsp3) is 0.364. The van der Waals surface area contributed by atoms with Gasteiger partial charge in [-0.1, -0.05) is 19.1 Å². The smallest absolute Gasteiger partial charge is 0.337 e. The Bertz CT molecular complexity index is 321. The summed E-state index contributed by atoms with van der Waals surface area (Å²) in [5, 5.41) is 0. The van der Waals surface area contributed by atoms with E-state index in [4.69, 9.17) is 5.90 Å². The summed E-state index contributed by atoms with van der Waals surface area (Å²) < 4.78 is 4.60. The van der Waals surface area contributed by atoms with Gasteiger partial charge in [-0.05, 0) is 17.7 Å². The Balaban J connectivity index is 2.76. The summed E-state index contributed by atoms with van der Waals surface area (Å²) in [5.74, 6) is 4.87. The van der Waals surface area contributed by atoms with Gasteiger partial charge in [-0.15, -0.1) is 0 Å². The number of esters is 1. The first kappa shape index (κ1) is 11.7. The minimum Gasteiger partial charge on any atom is -0.465 e. The van der Waals surface area contributed by atoms with Gasteiger partial charge in [0.25, 0.3) is 0 Å². The summed E-state index contributed by atoms with van der Waals surface area (Å²) in [6.45, 7) is 2.46. The van der Waals surface area contributed by atoms with Crippen molar-refractivity contribution in [2.24, 2.45) is 5.90 Å². The Kier molecular flexibility index (Phi) is 4.27. The second kappa shape index (κ2) is 5.48. The highest BCUT2D eigenvalue weighted by atomic mass is 16.6. The fourth-order valence-corrected chi connectivity index (χ4v) is 1.31. The summed E-state index contributed by atoms with van der Waals surface area (Å²) in [4.78, 5) is 15.7.